The van der Waals surface area contributed by atoms with E-state index in [4.69, 9.17) is 8.92 Å². The molecule has 4 nitrogen and oxygen atoms in total. The monoisotopic (exact) mass is 284 g/mol. The van der Waals surface area contributed by atoms with E-state index >= 15 is 0 Å². The lowest BCUT2D eigenvalue weighted by Crippen LogP contribution is -2.36. The first-order chi connectivity index (χ1) is 9.04. The van der Waals surface area contributed by atoms with Crippen molar-refractivity contribution in [1.29, 1.82) is 0 Å². The summed E-state index contributed by atoms with van der Waals surface area (Å²) in [6.07, 6.45) is 0.900. The highest BCUT2D eigenvalue weighted by atomic mass is 32.2. The van der Waals surface area contributed by atoms with E-state index in [-0.39, 0.29) is 17.4 Å². The second kappa shape index (κ2) is 6.03. The Hall–Kier alpha value is -0.910. The van der Waals surface area contributed by atoms with Gasteiger partial charge < -0.3 is 4.74 Å². The van der Waals surface area contributed by atoms with Gasteiger partial charge in [-0.15, -0.1) is 0 Å². The molecule has 1 aromatic carbocycles. The van der Waals surface area contributed by atoms with E-state index in [0.29, 0.717) is 24.7 Å². The second-order valence-electron chi connectivity index (χ2n) is 4.97. The molecular weight excluding hydrogens is 264 g/mol. The van der Waals surface area contributed by atoms with E-state index in [2.05, 4.69) is 0 Å². The Balaban J connectivity index is 2.03. The molecule has 1 saturated heterocycles. The first kappa shape index (κ1) is 14.5. The molecular formula is C14H20O4S. The fourth-order valence-electron chi connectivity index (χ4n) is 2.19. The molecule has 1 aliphatic heterocycles. The van der Waals surface area contributed by atoms with Gasteiger partial charge in [-0.1, -0.05) is 31.5 Å². The third-order valence-corrected chi connectivity index (χ3v) is 5.10. The maximum absolute atomic E-state index is 12.1. The molecule has 0 radical (unpaired) electrons. The largest absolute Gasteiger partial charge is 0.381 e. The van der Waals surface area contributed by atoms with Gasteiger partial charge in [0, 0.05) is 5.92 Å². The van der Waals surface area contributed by atoms with Crippen molar-refractivity contribution in [3.05, 3.63) is 29.8 Å². The van der Waals surface area contributed by atoms with Crippen LogP contribution >= 0.6 is 0 Å². The van der Waals surface area contributed by atoms with Crippen molar-refractivity contribution in [3.8, 4) is 0 Å². The van der Waals surface area contributed by atoms with Crippen LogP contribution in [0.3, 0.4) is 0 Å². The van der Waals surface area contributed by atoms with Gasteiger partial charge in [0.2, 0.25) is 0 Å². The number of hydrogen-bond donors (Lipinski definition) is 0. The maximum atomic E-state index is 12.1. The van der Waals surface area contributed by atoms with Crippen molar-refractivity contribution < 1.29 is 17.3 Å². The van der Waals surface area contributed by atoms with Gasteiger partial charge in [0.1, 0.15) is 0 Å². The molecule has 1 heterocycles. The van der Waals surface area contributed by atoms with Gasteiger partial charge in [-0.25, -0.2) is 0 Å². The number of benzene rings is 1. The van der Waals surface area contributed by atoms with E-state index in [1.54, 1.807) is 25.1 Å². The molecule has 2 rings (SSSR count). The topological polar surface area (TPSA) is 52.6 Å². The summed E-state index contributed by atoms with van der Waals surface area (Å²) in [6.45, 7) is 5.49. The minimum Gasteiger partial charge on any atom is -0.381 e. The summed E-state index contributed by atoms with van der Waals surface area (Å²) in [6, 6.07) is 6.88. The van der Waals surface area contributed by atoms with Crippen LogP contribution in [0.1, 0.15) is 18.9 Å². The molecule has 19 heavy (non-hydrogen) atoms. The third-order valence-electron chi connectivity index (χ3n) is 3.66. The van der Waals surface area contributed by atoms with Gasteiger partial charge in [0.25, 0.3) is 10.1 Å². The summed E-state index contributed by atoms with van der Waals surface area (Å²) in [5.41, 5.74) is 0.711. The molecule has 0 saturated carbocycles. The van der Waals surface area contributed by atoms with Crippen LogP contribution in [0.15, 0.2) is 29.2 Å². The molecule has 1 aliphatic rings. The minimum absolute atomic E-state index is 0.237. The summed E-state index contributed by atoms with van der Waals surface area (Å²) >= 11 is 0. The van der Waals surface area contributed by atoms with Crippen molar-refractivity contribution >= 4 is 10.1 Å². The molecule has 0 aliphatic carbocycles. The molecule has 1 atom stereocenters. The fourth-order valence-corrected chi connectivity index (χ4v) is 3.38. The summed E-state index contributed by atoms with van der Waals surface area (Å²) in [7, 11) is -3.65. The zero-order valence-corrected chi connectivity index (χ0v) is 12.2. The Kier molecular flexibility index (Phi) is 4.60. The second-order valence-corrected chi connectivity index (χ2v) is 6.55. The Morgan fingerprint density at radius 3 is 2.58 bits per heavy atom. The molecule has 0 bridgehead atoms. The summed E-state index contributed by atoms with van der Waals surface area (Å²) in [5.74, 6) is 0.671. The van der Waals surface area contributed by atoms with Crippen LogP contribution in [0.2, 0.25) is 0 Å². The van der Waals surface area contributed by atoms with Gasteiger partial charge in [-0.2, -0.15) is 8.42 Å². The molecule has 5 heteroatoms. The van der Waals surface area contributed by atoms with Gasteiger partial charge >= 0.3 is 0 Å². The highest BCUT2D eigenvalue weighted by molar-refractivity contribution is 7.86. The van der Waals surface area contributed by atoms with Gasteiger partial charge in [-0.05, 0) is 24.5 Å². The van der Waals surface area contributed by atoms with E-state index in [0.717, 1.165) is 6.42 Å². The summed E-state index contributed by atoms with van der Waals surface area (Å²) in [4.78, 5) is 0.259. The van der Waals surface area contributed by atoms with E-state index < -0.39 is 10.1 Å². The average Bonchev–Trinajstić information content (AvgIpc) is 2.32. The highest BCUT2D eigenvalue weighted by Gasteiger charge is 2.29. The molecule has 0 amide bonds. The fraction of sp³-hybridized carbons (Fsp3) is 0.571. The molecule has 1 fully saturated rings. The number of aryl methyl sites for hydroxylation is 1. The maximum Gasteiger partial charge on any atom is 0.297 e. The quantitative estimate of drug-likeness (QED) is 0.753. The van der Waals surface area contributed by atoms with Crippen LogP contribution in [-0.4, -0.2) is 28.2 Å². The van der Waals surface area contributed by atoms with Gasteiger partial charge in [0.15, 0.2) is 0 Å². The summed E-state index contributed by atoms with van der Waals surface area (Å²) < 4.78 is 34.7. The molecule has 0 spiro atoms. The lowest BCUT2D eigenvalue weighted by molar-refractivity contribution is -0.0690. The zero-order valence-electron chi connectivity index (χ0n) is 11.3. The van der Waals surface area contributed by atoms with Gasteiger partial charge in [0.05, 0.1) is 24.7 Å². The SMILES string of the molecule is CCC(COS(=O)(=O)c1ccccc1C)C1COC1. The van der Waals surface area contributed by atoms with E-state index in [9.17, 15) is 8.42 Å². The Bertz CT molecular complexity index is 520. The summed E-state index contributed by atoms with van der Waals surface area (Å²) in [5, 5.41) is 0. The molecule has 0 N–H and O–H groups in total. The van der Waals surface area contributed by atoms with Crippen molar-refractivity contribution in [1.82, 2.24) is 0 Å². The normalized spacial score (nSPS) is 18.0. The molecule has 0 aromatic heterocycles. The van der Waals surface area contributed by atoms with Crippen LogP contribution < -0.4 is 0 Å². The van der Waals surface area contributed by atoms with Crippen molar-refractivity contribution in [2.24, 2.45) is 11.8 Å². The lowest BCUT2D eigenvalue weighted by Gasteiger charge is -2.32. The minimum atomic E-state index is -3.65. The number of rotatable bonds is 6. The van der Waals surface area contributed by atoms with Crippen LogP contribution in [0.25, 0.3) is 0 Å². The predicted molar refractivity (Wildman–Crippen MR) is 72.4 cm³/mol. The average molecular weight is 284 g/mol. The van der Waals surface area contributed by atoms with Crippen molar-refractivity contribution in [2.75, 3.05) is 19.8 Å². The van der Waals surface area contributed by atoms with Gasteiger partial charge in [-0.3, -0.25) is 4.18 Å². The molecule has 1 aromatic rings. The zero-order chi connectivity index (χ0) is 13.9. The van der Waals surface area contributed by atoms with Crippen molar-refractivity contribution in [3.63, 3.8) is 0 Å². The Labute approximate surface area is 114 Å². The molecule has 1 unspecified atom stereocenters. The lowest BCUT2D eigenvalue weighted by atomic mass is 9.89. The van der Waals surface area contributed by atoms with Crippen LogP contribution in [0.5, 0.6) is 0 Å². The van der Waals surface area contributed by atoms with Crippen LogP contribution in [0, 0.1) is 18.8 Å². The van der Waals surface area contributed by atoms with Crippen LogP contribution in [-0.2, 0) is 19.0 Å². The third kappa shape index (κ3) is 3.35. The Morgan fingerprint density at radius 2 is 2.05 bits per heavy atom. The smallest absolute Gasteiger partial charge is 0.297 e. The first-order valence-electron chi connectivity index (χ1n) is 6.57. The number of hydrogen-bond acceptors (Lipinski definition) is 4. The van der Waals surface area contributed by atoms with E-state index in [1.807, 2.05) is 13.0 Å². The van der Waals surface area contributed by atoms with Crippen molar-refractivity contribution in [2.45, 2.75) is 25.2 Å². The predicted octanol–water partition coefficient (Wildman–Crippen LogP) is 2.37. The number of ether oxygens (including phenoxy) is 1. The standard InChI is InChI=1S/C14H20O4S/c1-3-12(13-8-17-9-13)10-18-19(15,16)14-7-5-4-6-11(14)2/h4-7,12-13H,3,8-10H2,1-2H3. The van der Waals surface area contributed by atoms with Crippen LogP contribution in [0.4, 0.5) is 0 Å². The first-order valence-corrected chi connectivity index (χ1v) is 7.98. The highest BCUT2D eigenvalue weighted by Crippen LogP contribution is 2.25. The van der Waals surface area contributed by atoms with E-state index in [1.165, 1.54) is 0 Å². The Morgan fingerprint density at radius 1 is 1.37 bits per heavy atom. The molecule has 106 valence electrons.